The zero-order chi connectivity index (χ0) is 19.4. The van der Waals surface area contributed by atoms with Crippen LogP contribution in [0, 0.1) is 17.2 Å². The number of ether oxygens (including phenoxy) is 2. The third kappa shape index (κ3) is 4.24. The number of piperidine rings is 1. The molecule has 0 atom stereocenters. The molecule has 1 aliphatic rings. The molecule has 2 heterocycles. The highest BCUT2D eigenvalue weighted by Crippen LogP contribution is 2.38. The predicted molar refractivity (Wildman–Crippen MR) is 105 cm³/mol. The molecule has 0 saturated carbocycles. The maximum atomic E-state index is 9.45. The lowest BCUT2D eigenvalue weighted by Gasteiger charge is -2.33. The number of nitriles is 1. The van der Waals surface area contributed by atoms with E-state index in [0.717, 1.165) is 48.9 Å². The van der Waals surface area contributed by atoms with Gasteiger partial charge in [0.1, 0.15) is 11.9 Å². The van der Waals surface area contributed by atoms with Crippen LogP contribution in [0.1, 0.15) is 24.8 Å². The summed E-state index contributed by atoms with van der Waals surface area (Å²) in [4.78, 5) is 25.0. The number of hydrogen-bond donors (Lipinski definition) is 2. The Labute approximate surface area is 160 Å². The van der Waals surface area contributed by atoms with Crippen molar-refractivity contribution in [2.24, 2.45) is 5.92 Å². The fourth-order valence-corrected chi connectivity index (χ4v) is 4.22. The molecule has 8 heteroatoms. The smallest absolute Gasteiger partial charge is 0.164 e. The van der Waals surface area contributed by atoms with Gasteiger partial charge < -0.3 is 24.2 Å². The van der Waals surface area contributed by atoms with Crippen LogP contribution in [0.3, 0.4) is 0 Å². The quantitative estimate of drug-likeness (QED) is 0.733. The number of pyridine rings is 1. The monoisotopic (exact) mass is 389 g/mol. The van der Waals surface area contributed by atoms with Gasteiger partial charge in [-0.3, -0.25) is 0 Å². The summed E-state index contributed by atoms with van der Waals surface area (Å²) in [6, 6.07) is 5.91. The van der Waals surface area contributed by atoms with Gasteiger partial charge in [0.25, 0.3) is 0 Å². The van der Waals surface area contributed by atoms with Crippen molar-refractivity contribution in [3.8, 4) is 17.6 Å². The second kappa shape index (κ2) is 8.71. The average molecular weight is 389 g/mol. The van der Waals surface area contributed by atoms with Crippen LogP contribution in [0.4, 0.5) is 5.82 Å². The summed E-state index contributed by atoms with van der Waals surface area (Å²) in [6.07, 6.45) is 4.91. The van der Waals surface area contributed by atoms with E-state index in [4.69, 9.17) is 19.3 Å². The summed E-state index contributed by atoms with van der Waals surface area (Å²) in [6.45, 7) is 1.70. The van der Waals surface area contributed by atoms with E-state index in [1.165, 1.54) is 0 Å². The fourth-order valence-electron chi connectivity index (χ4n) is 3.62. The van der Waals surface area contributed by atoms with Crippen LogP contribution >= 0.6 is 8.38 Å². The van der Waals surface area contributed by atoms with Crippen LogP contribution < -0.4 is 14.4 Å². The Morgan fingerprint density at radius 3 is 2.37 bits per heavy atom. The number of methoxy groups -OCH3 is 2. The third-order valence-electron chi connectivity index (χ3n) is 5.14. The molecule has 2 N–H and O–H groups in total. The first-order valence-corrected chi connectivity index (χ1v) is 10.4. The van der Waals surface area contributed by atoms with Gasteiger partial charge in [-0.05, 0) is 37.3 Å². The highest BCUT2D eigenvalue weighted by atomic mass is 31.2. The van der Waals surface area contributed by atoms with Crippen LogP contribution in [-0.4, -0.2) is 48.2 Å². The molecule has 1 saturated heterocycles. The van der Waals surface area contributed by atoms with Crippen molar-refractivity contribution in [2.75, 3.05) is 38.4 Å². The summed E-state index contributed by atoms with van der Waals surface area (Å²) in [5.41, 5.74) is 0.504. The summed E-state index contributed by atoms with van der Waals surface area (Å²) in [7, 11) is 1.37. The Bertz CT molecular complexity index is 845. The van der Waals surface area contributed by atoms with Gasteiger partial charge in [0.2, 0.25) is 0 Å². The number of rotatable bonds is 6. The number of nitrogens with zero attached hydrogens (tertiary/aromatic N) is 3. The van der Waals surface area contributed by atoms with Gasteiger partial charge in [-0.25, -0.2) is 4.98 Å². The normalized spacial score (nSPS) is 15.2. The first kappa shape index (κ1) is 19.6. The molecule has 0 bridgehead atoms. The second-order valence-electron chi connectivity index (χ2n) is 6.68. The van der Waals surface area contributed by atoms with E-state index < -0.39 is 8.38 Å². The molecule has 1 aliphatic heterocycles. The van der Waals surface area contributed by atoms with E-state index in [1.807, 2.05) is 12.1 Å². The predicted octanol–water partition coefficient (Wildman–Crippen LogP) is 3.03. The molecule has 27 heavy (non-hydrogen) atoms. The third-order valence-corrected chi connectivity index (χ3v) is 5.80. The molecule has 144 valence electrons. The van der Waals surface area contributed by atoms with Gasteiger partial charge in [0, 0.05) is 36.2 Å². The Kier molecular flexibility index (Phi) is 6.33. The Morgan fingerprint density at radius 2 is 1.81 bits per heavy atom. The van der Waals surface area contributed by atoms with Crippen molar-refractivity contribution in [1.29, 1.82) is 5.26 Å². The number of benzene rings is 1. The van der Waals surface area contributed by atoms with Gasteiger partial charge >= 0.3 is 0 Å². The number of hydrogen-bond acceptors (Lipinski definition) is 7. The molecule has 0 unspecified atom stereocenters. The number of anilines is 1. The second-order valence-corrected chi connectivity index (χ2v) is 7.87. The van der Waals surface area contributed by atoms with Gasteiger partial charge in [-0.1, -0.05) is 0 Å². The molecule has 0 radical (unpaired) electrons. The summed E-state index contributed by atoms with van der Waals surface area (Å²) < 4.78 is 10.8. The maximum Gasteiger partial charge on any atom is 0.164 e. The molecule has 0 spiro atoms. The minimum absolute atomic E-state index is 0.481. The standard InChI is InChI=1S/C19H24N3O4P/c1-25-17-9-15-14(11-20)12-21-19(16(15)10-18(17)26-2)22-6-3-13(4-7-22)5-8-27(23)24/h9-10,12-13,23-24H,3-8H2,1-2H3. The molecule has 1 fully saturated rings. The van der Waals surface area contributed by atoms with Crippen molar-refractivity contribution in [3.05, 3.63) is 23.9 Å². The van der Waals surface area contributed by atoms with Crippen LogP contribution in [-0.2, 0) is 0 Å². The molecule has 0 amide bonds. The number of aromatic nitrogens is 1. The van der Waals surface area contributed by atoms with E-state index in [-0.39, 0.29) is 0 Å². The molecular weight excluding hydrogens is 365 g/mol. The minimum atomic E-state index is -1.80. The first-order chi connectivity index (χ1) is 13.1. The molecule has 1 aromatic heterocycles. The lowest BCUT2D eigenvalue weighted by Crippen LogP contribution is -2.34. The molecule has 7 nitrogen and oxygen atoms in total. The zero-order valence-corrected chi connectivity index (χ0v) is 16.4. The van der Waals surface area contributed by atoms with Crippen LogP contribution in [0.5, 0.6) is 11.5 Å². The molecule has 1 aromatic carbocycles. The lowest BCUT2D eigenvalue weighted by molar-refractivity contribution is 0.356. The maximum absolute atomic E-state index is 9.45. The van der Waals surface area contributed by atoms with E-state index in [0.29, 0.717) is 29.1 Å². The lowest BCUT2D eigenvalue weighted by atomic mass is 9.94. The summed E-state index contributed by atoms with van der Waals surface area (Å²) in [5, 5.41) is 11.1. The Balaban J connectivity index is 1.90. The summed E-state index contributed by atoms with van der Waals surface area (Å²) >= 11 is 0. The van der Waals surface area contributed by atoms with Crippen molar-refractivity contribution >= 4 is 25.0 Å². The van der Waals surface area contributed by atoms with Crippen molar-refractivity contribution in [1.82, 2.24) is 4.98 Å². The van der Waals surface area contributed by atoms with Crippen LogP contribution in [0.25, 0.3) is 10.8 Å². The zero-order valence-electron chi connectivity index (χ0n) is 15.6. The molecule has 3 rings (SSSR count). The SMILES string of the molecule is COc1cc2c(C#N)cnc(N3CCC(CCP(O)O)CC3)c2cc1OC. The van der Waals surface area contributed by atoms with Gasteiger partial charge in [0.15, 0.2) is 19.9 Å². The summed E-state index contributed by atoms with van der Waals surface area (Å²) in [5.74, 6) is 2.54. The van der Waals surface area contributed by atoms with Crippen molar-refractivity contribution in [2.45, 2.75) is 19.3 Å². The molecule has 0 aliphatic carbocycles. The average Bonchev–Trinajstić information content (AvgIpc) is 2.70. The van der Waals surface area contributed by atoms with E-state index in [2.05, 4.69) is 16.0 Å². The van der Waals surface area contributed by atoms with E-state index in [1.54, 1.807) is 20.4 Å². The van der Waals surface area contributed by atoms with E-state index in [9.17, 15) is 5.26 Å². The van der Waals surface area contributed by atoms with Crippen LogP contribution in [0.2, 0.25) is 0 Å². The topological polar surface area (TPSA) is 98.8 Å². The largest absolute Gasteiger partial charge is 0.493 e. The number of fused-ring (bicyclic) bond motifs is 1. The molecule has 2 aromatic rings. The fraction of sp³-hybridized carbons (Fsp3) is 0.474. The highest BCUT2D eigenvalue weighted by molar-refractivity contribution is 7.45. The van der Waals surface area contributed by atoms with Crippen molar-refractivity contribution < 1.29 is 19.3 Å². The van der Waals surface area contributed by atoms with Gasteiger partial charge in [0.05, 0.1) is 19.8 Å². The Hall–Kier alpha value is -2.13. The van der Waals surface area contributed by atoms with Gasteiger partial charge in [-0.2, -0.15) is 5.26 Å². The van der Waals surface area contributed by atoms with Gasteiger partial charge in [-0.15, -0.1) is 0 Å². The Morgan fingerprint density at radius 1 is 1.19 bits per heavy atom. The van der Waals surface area contributed by atoms with Crippen molar-refractivity contribution in [3.63, 3.8) is 0 Å². The highest BCUT2D eigenvalue weighted by Gasteiger charge is 2.23. The first-order valence-electron chi connectivity index (χ1n) is 8.92. The van der Waals surface area contributed by atoms with E-state index >= 15 is 0 Å². The minimum Gasteiger partial charge on any atom is -0.493 e. The van der Waals surface area contributed by atoms with Crippen LogP contribution in [0.15, 0.2) is 18.3 Å². The molecular formula is C19H24N3O4P.